The zero-order valence-electron chi connectivity index (χ0n) is 15.1. The molecular formula is C19H14Cl2N6OS. The molecule has 146 valence electrons. The van der Waals surface area contributed by atoms with Crippen molar-refractivity contribution in [2.75, 3.05) is 5.32 Å². The number of rotatable bonds is 5. The highest BCUT2D eigenvalue weighted by Crippen LogP contribution is 2.28. The SMILES string of the molecule is Cc1nc(NC(=O)c2ccc(-n3cnnn3)cc2)sc1Cc1ccc(Cl)c(Cl)c1. The van der Waals surface area contributed by atoms with Gasteiger partial charge in [0, 0.05) is 16.9 Å². The van der Waals surface area contributed by atoms with E-state index in [9.17, 15) is 4.79 Å². The molecule has 4 rings (SSSR count). The van der Waals surface area contributed by atoms with Gasteiger partial charge in [0.1, 0.15) is 6.33 Å². The van der Waals surface area contributed by atoms with Crippen molar-refractivity contribution in [1.29, 1.82) is 0 Å². The lowest BCUT2D eigenvalue weighted by molar-refractivity contribution is 0.102. The molecule has 0 saturated heterocycles. The zero-order valence-corrected chi connectivity index (χ0v) is 17.5. The van der Waals surface area contributed by atoms with Crippen LogP contribution in [-0.2, 0) is 6.42 Å². The highest BCUT2D eigenvalue weighted by Gasteiger charge is 2.13. The average Bonchev–Trinajstić information content (AvgIpc) is 3.35. The van der Waals surface area contributed by atoms with Gasteiger partial charge >= 0.3 is 0 Å². The van der Waals surface area contributed by atoms with E-state index in [1.54, 1.807) is 30.3 Å². The number of nitrogens with one attached hydrogen (secondary N) is 1. The smallest absolute Gasteiger partial charge is 0.257 e. The van der Waals surface area contributed by atoms with Gasteiger partial charge in [0.15, 0.2) is 5.13 Å². The van der Waals surface area contributed by atoms with Crippen molar-refractivity contribution in [1.82, 2.24) is 25.2 Å². The summed E-state index contributed by atoms with van der Waals surface area (Å²) in [6.45, 7) is 1.92. The van der Waals surface area contributed by atoms with Crippen LogP contribution < -0.4 is 5.32 Å². The lowest BCUT2D eigenvalue weighted by Gasteiger charge is -2.03. The van der Waals surface area contributed by atoms with E-state index in [0.29, 0.717) is 27.2 Å². The van der Waals surface area contributed by atoms with Crippen molar-refractivity contribution < 1.29 is 4.79 Å². The van der Waals surface area contributed by atoms with Gasteiger partial charge in [-0.3, -0.25) is 10.1 Å². The number of anilines is 1. The Morgan fingerprint density at radius 3 is 2.62 bits per heavy atom. The van der Waals surface area contributed by atoms with Gasteiger partial charge in [-0.1, -0.05) is 29.3 Å². The van der Waals surface area contributed by atoms with Crippen LogP contribution in [0.25, 0.3) is 5.69 Å². The standard InChI is InChI=1S/C19H14Cl2N6OS/c1-11-17(9-12-2-7-15(20)16(21)8-12)29-19(23-11)24-18(28)13-3-5-14(6-4-13)27-10-22-25-26-27/h2-8,10H,9H2,1H3,(H,23,24,28). The van der Waals surface area contributed by atoms with Crippen LogP contribution in [0.1, 0.15) is 26.5 Å². The summed E-state index contributed by atoms with van der Waals surface area (Å²) in [5.74, 6) is -0.233. The maximum absolute atomic E-state index is 12.5. The highest BCUT2D eigenvalue weighted by molar-refractivity contribution is 7.15. The summed E-state index contributed by atoms with van der Waals surface area (Å²) in [4.78, 5) is 18.1. The molecule has 0 aliphatic rings. The minimum atomic E-state index is -0.233. The molecule has 10 heteroatoms. The number of amides is 1. The third-order valence-electron chi connectivity index (χ3n) is 4.20. The van der Waals surface area contributed by atoms with Gasteiger partial charge < -0.3 is 0 Å². The molecule has 0 atom stereocenters. The molecule has 0 fully saturated rings. The van der Waals surface area contributed by atoms with E-state index < -0.39 is 0 Å². The molecule has 0 unspecified atom stereocenters. The number of nitrogens with zero attached hydrogens (tertiary/aromatic N) is 5. The fourth-order valence-corrected chi connectivity index (χ4v) is 4.01. The van der Waals surface area contributed by atoms with Crippen LogP contribution in [-0.4, -0.2) is 31.1 Å². The lowest BCUT2D eigenvalue weighted by atomic mass is 10.1. The second-order valence-corrected chi connectivity index (χ2v) is 8.11. The Morgan fingerprint density at radius 1 is 1.14 bits per heavy atom. The van der Waals surface area contributed by atoms with E-state index in [4.69, 9.17) is 23.2 Å². The Balaban J connectivity index is 1.46. The number of thiazole rings is 1. The molecular weight excluding hydrogens is 431 g/mol. The molecule has 2 aromatic heterocycles. The van der Waals surface area contributed by atoms with Crippen LogP contribution in [0, 0.1) is 6.92 Å². The molecule has 0 bridgehead atoms. The van der Waals surface area contributed by atoms with E-state index in [1.165, 1.54) is 22.3 Å². The first kappa shape index (κ1) is 19.5. The second kappa shape index (κ2) is 8.28. The molecule has 0 saturated carbocycles. The van der Waals surface area contributed by atoms with Crippen LogP contribution in [0.3, 0.4) is 0 Å². The van der Waals surface area contributed by atoms with Crippen molar-refractivity contribution in [3.63, 3.8) is 0 Å². The Labute approximate surface area is 180 Å². The topological polar surface area (TPSA) is 85.6 Å². The third-order valence-corrected chi connectivity index (χ3v) is 6.02. The predicted octanol–water partition coefficient (Wildman–Crippen LogP) is 4.58. The number of tetrazole rings is 1. The van der Waals surface area contributed by atoms with Gasteiger partial charge in [-0.2, -0.15) is 0 Å². The zero-order chi connectivity index (χ0) is 20.4. The number of aromatic nitrogens is 5. The minimum Gasteiger partial charge on any atom is -0.298 e. The lowest BCUT2D eigenvalue weighted by Crippen LogP contribution is -2.11. The molecule has 2 aromatic carbocycles. The molecule has 0 spiro atoms. The van der Waals surface area contributed by atoms with E-state index >= 15 is 0 Å². The summed E-state index contributed by atoms with van der Waals surface area (Å²) in [6.07, 6.45) is 2.15. The predicted molar refractivity (Wildman–Crippen MR) is 113 cm³/mol. The van der Waals surface area contributed by atoms with Crippen LogP contribution in [0.4, 0.5) is 5.13 Å². The maximum Gasteiger partial charge on any atom is 0.257 e. The third kappa shape index (κ3) is 4.45. The second-order valence-electron chi connectivity index (χ2n) is 6.21. The summed E-state index contributed by atoms with van der Waals surface area (Å²) in [7, 11) is 0. The number of carbonyl (C=O) groups excluding carboxylic acids is 1. The maximum atomic E-state index is 12.5. The summed E-state index contributed by atoms with van der Waals surface area (Å²) in [6, 6.07) is 12.5. The fourth-order valence-electron chi connectivity index (χ4n) is 2.69. The first-order chi connectivity index (χ1) is 14.0. The van der Waals surface area contributed by atoms with Gasteiger partial charge in [-0.25, -0.2) is 9.67 Å². The van der Waals surface area contributed by atoms with E-state index in [2.05, 4.69) is 25.8 Å². The first-order valence-corrected chi connectivity index (χ1v) is 10.1. The molecule has 4 aromatic rings. The number of halogens is 2. The largest absolute Gasteiger partial charge is 0.298 e. The number of benzene rings is 2. The Hall–Kier alpha value is -2.81. The molecule has 7 nitrogen and oxygen atoms in total. The molecule has 0 aliphatic heterocycles. The molecule has 0 radical (unpaired) electrons. The molecule has 2 heterocycles. The minimum absolute atomic E-state index is 0.233. The number of aryl methyl sites for hydroxylation is 1. The normalized spacial score (nSPS) is 10.9. The molecule has 1 amide bonds. The number of carbonyl (C=O) groups is 1. The van der Waals surface area contributed by atoms with Crippen molar-refractivity contribution >= 4 is 45.6 Å². The highest BCUT2D eigenvalue weighted by atomic mass is 35.5. The Bertz CT molecular complexity index is 1160. The van der Waals surface area contributed by atoms with E-state index in [0.717, 1.165) is 21.8 Å². The van der Waals surface area contributed by atoms with Crippen molar-refractivity contribution in [2.45, 2.75) is 13.3 Å². The van der Waals surface area contributed by atoms with Crippen LogP contribution >= 0.6 is 34.5 Å². The van der Waals surface area contributed by atoms with Crippen LogP contribution in [0.5, 0.6) is 0 Å². The van der Waals surface area contributed by atoms with Crippen LogP contribution in [0.15, 0.2) is 48.8 Å². The quantitative estimate of drug-likeness (QED) is 0.486. The van der Waals surface area contributed by atoms with Gasteiger partial charge in [-0.05, 0) is 59.3 Å². The van der Waals surface area contributed by atoms with Crippen molar-refractivity contribution in [2.24, 2.45) is 0 Å². The summed E-state index contributed by atoms with van der Waals surface area (Å²) in [5.41, 5.74) is 3.17. The first-order valence-electron chi connectivity index (χ1n) is 8.54. The van der Waals surface area contributed by atoms with Gasteiger partial charge in [0.05, 0.1) is 21.4 Å². The molecule has 29 heavy (non-hydrogen) atoms. The van der Waals surface area contributed by atoms with Crippen LogP contribution in [0.2, 0.25) is 10.0 Å². The monoisotopic (exact) mass is 444 g/mol. The summed E-state index contributed by atoms with van der Waals surface area (Å²) >= 11 is 13.5. The van der Waals surface area contributed by atoms with E-state index in [-0.39, 0.29) is 5.91 Å². The summed E-state index contributed by atoms with van der Waals surface area (Å²) < 4.78 is 1.52. The average molecular weight is 445 g/mol. The number of hydrogen-bond acceptors (Lipinski definition) is 6. The van der Waals surface area contributed by atoms with Gasteiger partial charge in [0.25, 0.3) is 5.91 Å². The Morgan fingerprint density at radius 2 is 1.93 bits per heavy atom. The van der Waals surface area contributed by atoms with Crippen molar-refractivity contribution in [3.8, 4) is 5.69 Å². The molecule has 0 aliphatic carbocycles. The molecule has 1 N–H and O–H groups in total. The Kier molecular flexibility index (Phi) is 5.57. The fraction of sp³-hybridized carbons (Fsp3) is 0.105. The summed E-state index contributed by atoms with van der Waals surface area (Å²) in [5, 5.41) is 15.4. The van der Waals surface area contributed by atoms with E-state index in [1.807, 2.05) is 19.1 Å². The number of hydrogen-bond donors (Lipinski definition) is 1. The van der Waals surface area contributed by atoms with Gasteiger partial charge in [-0.15, -0.1) is 16.4 Å². The van der Waals surface area contributed by atoms with Crippen molar-refractivity contribution in [3.05, 3.63) is 80.5 Å². The van der Waals surface area contributed by atoms with Gasteiger partial charge in [0.2, 0.25) is 0 Å².